The van der Waals surface area contributed by atoms with Crippen molar-refractivity contribution in [1.29, 1.82) is 0 Å². The molecule has 1 fully saturated rings. The molecule has 0 aliphatic heterocycles. The molecule has 0 saturated heterocycles. The van der Waals surface area contributed by atoms with Crippen LogP contribution in [0.4, 0.5) is 0 Å². The molecule has 0 radical (unpaired) electrons. The quantitative estimate of drug-likeness (QED) is 0.677. The number of aliphatic hydroxyl groups is 1. The van der Waals surface area contributed by atoms with E-state index in [9.17, 15) is 0 Å². The summed E-state index contributed by atoms with van der Waals surface area (Å²) in [6, 6.07) is 0. The van der Waals surface area contributed by atoms with Gasteiger partial charge in [0.2, 0.25) is 0 Å². The van der Waals surface area contributed by atoms with E-state index in [0.29, 0.717) is 6.61 Å². The molecule has 12 heavy (non-hydrogen) atoms. The van der Waals surface area contributed by atoms with Crippen molar-refractivity contribution in [3.8, 4) is 0 Å². The first-order valence-corrected chi connectivity index (χ1v) is 4.88. The monoisotopic (exact) mass is 171 g/mol. The van der Waals surface area contributed by atoms with Crippen LogP contribution in [0.2, 0.25) is 0 Å². The number of nitrogens with one attached hydrogen (secondary N) is 1. The van der Waals surface area contributed by atoms with E-state index < -0.39 is 0 Å². The maximum absolute atomic E-state index is 8.92. The third-order valence-electron chi connectivity index (χ3n) is 2.54. The predicted molar refractivity (Wildman–Crippen MR) is 51.2 cm³/mol. The summed E-state index contributed by atoms with van der Waals surface area (Å²) in [5.41, 5.74) is 0.433. The first kappa shape index (κ1) is 10.0. The minimum atomic E-state index is 0.176. The van der Waals surface area contributed by atoms with Gasteiger partial charge in [0.1, 0.15) is 0 Å². The molecule has 1 rings (SSSR count). The molecule has 0 bridgehead atoms. The van der Waals surface area contributed by atoms with Crippen LogP contribution in [0.25, 0.3) is 0 Å². The number of hydrogen-bond acceptors (Lipinski definition) is 2. The SMILES string of the molecule is CC(C)(C)NC1(CCO)CCC1. The Morgan fingerprint density at radius 1 is 1.33 bits per heavy atom. The molecule has 2 N–H and O–H groups in total. The molecule has 2 heteroatoms. The fourth-order valence-corrected chi connectivity index (χ4v) is 2.05. The Hall–Kier alpha value is -0.0800. The Labute approximate surface area is 75.4 Å². The minimum Gasteiger partial charge on any atom is -0.396 e. The number of aliphatic hydroxyl groups excluding tert-OH is 1. The molecule has 0 spiro atoms. The highest BCUT2D eigenvalue weighted by molar-refractivity contribution is 4.99. The van der Waals surface area contributed by atoms with E-state index in [-0.39, 0.29) is 11.1 Å². The fourth-order valence-electron chi connectivity index (χ4n) is 2.05. The summed E-state index contributed by atoms with van der Waals surface area (Å²) in [4.78, 5) is 0. The first-order chi connectivity index (χ1) is 5.47. The zero-order chi connectivity index (χ0) is 9.24. The van der Waals surface area contributed by atoms with Gasteiger partial charge in [0.05, 0.1) is 0 Å². The van der Waals surface area contributed by atoms with Crippen molar-refractivity contribution in [3.05, 3.63) is 0 Å². The molecule has 1 aliphatic carbocycles. The molecule has 2 nitrogen and oxygen atoms in total. The highest BCUT2D eigenvalue weighted by atomic mass is 16.3. The Balaban J connectivity index is 2.45. The van der Waals surface area contributed by atoms with Crippen molar-refractivity contribution in [3.63, 3.8) is 0 Å². The predicted octanol–water partition coefficient (Wildman–Crippen LogP) is 1.68. The largest absolute Gasteiger partial charge is 0.396 e. The molecule has 1 aliphatic rings. The van der Waals surface area contributed by atoms with E-state index in [2.05, 4.69) is 26.1 Å². The topological polar surface area (TPSA) is 32.3 Å². The van der Waals surface area contributed by atoms with Crippen LogP contribution in [-0.2, 0) is 0 Å². The van der Waals surface area contributed by atoms with E-state index in [1.165, 1.54) is 19.3 Å². The van der Waals surface area contributed by atoms with Crippen LogP contribution < -0.4 is 5.32 Å². The molecule has 0 aromatic heterocycles. The van der Waals surface area contributed by atoms with Crippen LogP contribution in [0.1, 0.15) is 46.5 Å². The van der Waals surface area contributed by atoms with Crippen molar-refractivity contribution in [1.82, 2.24) is 5.32 Å². The summed E-state index contributed by atoms with van der Waals surface area (Å²) in [5, 5.41) is 12.5. The van der Waals surface area contributed by atoms with Crippen molar-refractivity contribution in [2.24, 2.45) is 0 Å². The highest BCUT2D eigenvalue weighted by Gasteiger charge is 2.38. The second-order valence-electron chi connectivity index (χ2n) is 4.98. The van der Waals surface area contributed by atoms with Gasteiger partial charge in [-0.15, -0.1) is 0 Å². The standard InChI is InChI=1S/C10H21NO/c1-9(2,3)11-10(7-8-12)5-4-6-10/h11-12H,4-8H2,1-3H3. The maximum atomic E-state index is 8.92. The van der Waals surface area contributed by atoms with Gasteiger partial charge < -0.3 is 10.4 Å². The zero-order valence-corrected chi connectivity index (χ0v) is 8.48. The smallest absolute Gasteiger partial charge is 0.0448 e. The van der Waals surface area contributed by atoms with Gasteiger partial charge in [-0.2, -0.15) is 0 Å². The van der Waals surface area contributed by atoms with E-state index >= 15 is 0 Å². The van der Waals surface area contributed by atoms with Gasteiger partial charge in [0.25, 0.3) is 0 Å². The molecule has 0 amide bonds. The van der Waals surface area contributed by atoms with Crippen molar-refractivity contribution < 1.29 is 5.11 Å². The van der Waals surface area contributed by atoms with E-state index in [1.807, 2.05) is 0 Å². The molecule has 0 aromatic carbocycles. The summed E-state index contributed by atoms with van der Waals surface area (Å²) in [5.74, 6) is 0. The second-order valence-corrected chi connectivity index (χ2v) is 4.98. The van der Waals surface area contributed by atoms with Gasteiger partial charge in [-0.05, 0) is 46.5 Å². The van der Waals surface area contributed by atoms with Crippen molar-refractivity contribution in [2.75, 3.05) is 6.61 Å². The fraction of sp³-hybridized carbons (Fsp3) is 1.00. The second kappa shape index (κ2) is 3.35. The van der Waals surface area contributed by atoms with Crippen LogP contribution in [-0.4, -0.2) is 22.8 Å². The Bertz CT molecular complexity index is 144. The summed E-state index contributed by atoms with van der Waals surface area (Å²) < 4.78 is 0. The number of hydrogen-bond donors (Lipinski definition) is 2. The lowest BCUT2D eigenvalue weighted by atomic mass is 9.73. The molecule has 0 aromatic rings. The normalized spacial score (nSPS) is 22.0. The number of rotatable bonds is 3. The highest BCUT2D eigenvalue weighted by Crippen LogP contribution is 2.36. The molecule has 1 saturated carbocycles. The van der Waals surface area contributed by atoms with Gasteiger partial charge in [0.15, 0.2) is 0 Å². The Morgan fingerprint density at radius 3 is 2.17 bits per heavy atom. The van der Waals surface area contributed by atoms with Gasteiger partial charge >= 0.3 is 0 Å². The molecule has 0 atom stereocenters. The third kappa shape index (κ3) is 2.46. The average Bonchev–Trinajstić information content (AvgIpc) is 1.80. The Morgan fingerprint density at radius 2 is 1.92 bits per heavy atom. The summed E-state index contributed by atoms with van der Waals surface area (Å²) in [7, 11) is 0. The van der Waals surface area contributed by atoms with Crippen molar-refractivity contribution >= 4 is 0 Å². The van der Waals surface area contributed by atoms with Crippen LogP contribution in [0.3, 0.4) is 0 Å². The lowest BCUT2D eigenvalue weighted by Gasteiger charge is -2.47. The van der Waals surface area contributed by atoms with E-state index in [1.54, 1.807) is 0 Å². The summed E-state index contributed by atoms with van der Waals surface area (Å²) in [6.45, 7) is 6.86. The van der Waals surface area contributed by atoms with Crippen LogP contribution in [0.5, 0.6) is 0 Å². The van der Waals surface area contributed by atoms with Crippen LogP contribution in [0, 0.1) is 0 Å². The van der Waals surface area contributed by atoms with Gasteiger partial charge in [-0.1, -0.05) is 0 Å². The lowest BCUT2D eigenvalue weighted by molar-refractivity contribution is 0.101. The van der Waals surface area contributed by atoms with E-state index in [4.69, 9.17) is 5.11 Å². The first-order valence-electron chi connectivity index (χ1n) is 4.88. The molecule has 0 unspecified atom stereocenters. The Kier molecular flexibility index (Phi) is 2.79. The third-order valence-corrected chi connectivity index (χ3v) is 2.54. The van der Waals surface area contributed by atoms with Gasteiger partial charge in [0, 0.05) is 17.7 Å². The van der Waals surface area contributed by atoms with E-state index in [0.717, 1.165) is 6.42 Å². The van der Waals surface area contributed by atoms with Gasteiger partial charge in [-0.25, -0.2) is 0 Å². The molecule has 0 heterocycles. The summed E-state index contributed by atoms with van der Waals surface area (Å²) in [6.07, 6.45) is 4.67. The average molecular weight is 171 g/mol. The maximum Gasteiger partial charge on any atom is 0.0448 e. The zero-order valence-electron chi connectivity index (χ0n) is 8.48. The van der Waals surface area contributed by atoms with Crippen molar-refractivity contribution in [2.45, 2.75) is 57.5 Å². The molecule has 72 valence electrons. The summed E-state index contributed by atoms with van der Waals surface area (Å²) >= 11 is 0. The lowest BCUT2D eigenvalue weighted by Crippen LogP contribution is -2.58. The molecular weight excluding hydrogens is 150 g/mol. The van der Waals surface area contributed by atoms with Crippen LogP contribution in [0.15, 0.2) is 0 Å². The van der Waals surface area contributed by atoms with Gasteiger partial charge in [-0.3, -0.25) is 0 Å². The molecular formula is C10H21NO. The minimum absolute atomic E-state index is 0.176. The van der Waals surface area contributed by atoms with Crippen LogP contribution >= 0.6 is 0 Å².